The maximum atomic E-state index is 12.3. The number of fused-ring (bicyclic) bond motifs is 1. The molecule has 6 nitrogen and oxygen atoms in total. The Morgan fingerprint density at radius 3 is 2.52 bits per heavy atom. The highest BCUT2D eigenvalue weighted by Crippen LogP contribution is 2.25. The molecule has 1 heterocycles. The van der Waals surface area contributed by atoms with Gasteiger partial charge in [-0.3, -0.25) is 4.79 Å². The molecule has 130 valence electrons. The van der Waals surface area contributed by atoms with Crippen LogP contribution in [0.15, 0.2) is 63.9 Å². The lowest BCUT2D eigenvalue weighted by atomic mass is 10.2. The van der Waals surface area contributed by atoms with E-state index in [0.717, 1.165) is 17.6 Å². The van der Waals surface area contributed by atoms with Crippen LogP contribution in [0, 0.1) is 0 Å². The molecule has 0 saturated carbocycles. The molecule has 0 aliphatic heterocycles. The SMILES string of the molecule is CCN(C)c1ccc2cc(C(=O)NS(=O)(=O)c3ccccc3)oc2c1. The topological polar surface area (TPSA) is 79.6 Å². The van der Waals surface area contributed by atoms with E-state index in [9.17, 15) is 13.2 Å². The third kappa shape index (κ3) is 3.51. The van der Waals surface area contributed by atoms with Gasteiger partial charge in [-0.25, -0.2) is 13.1 Å². The van der Waals surface area contributed by atoms with E-state index >= 15 is 0 Å². The minimum atomic E-state index is -3.94. The molecule has 7 heteroatoms. The minimum Gasteiger partial charge on any atom is -0.451 e. The number of carbonyl (C=O) groups is 1. The summed E-state index contributed by atoms with van der Waals surface area (Å²) in [5.41, 5.74) is 1.48. The van der Waals surface area contributed by atoms with Gasteiger partial charge >= 0.3 is 5.91 Å². The second-order valence-electron chi connectivity index (χ2n) is 5.59. The molecule has 0 aliphatic carbocycles. The van der Waals surface area contributed by atoms with E-state index in [1.807, 2.05) is 41.8 Å². The second-order valence-corrected chi connectivity index (χ2v) is 7.28. The number of nitrogens with zero attached hydrogens (tertiary/aromatic N) is 1. The molecule has 3 aromatic rings. The van der Waals surface area contributed by atoms with E-state index in [1.54, 1.807) is 18.2 Å². The first-order valence-corrected chi connectivity index (χ1v) is 9.26. The van der Waals surface area contributed by atoms with E-state index in [-0.39, 0.29) is 10.7 Å². The summed E-state index contributed by atoms with van der Waals surface area (Å²) < 4.78 is 32.0. The molecule has 2 aromatic carbocycles. The van der Waals surface area contributed by atoms with Crippen molar-refractivity contribution in [2.45, 2.75) is 11.8 Å². The van der Waals surface area contributed by atoms with Crippen LogP contribution in [0.5, 0.6) is 0 Å². The molecule has 0 atom stereocenters. The molecular formula is C18H18N2O4S. The van der Waals surface area contributed by atoms with Crippen molar-refractivity contribution in [2.75, 3.05) is 18.5 Å². The van der Waals surface area contributed by atoms with E-state index in [2.05, 4.69) is 0 Å². The zero-order chi connectivity index (χ0) is 18.0. The third-order valence-corrected chi connectivity index (χ3v) is 5.27. The summed E-state index contributed by atoms with van der Waals surface area (Å²) in [6.45, 7) is 2.86. The van der Waals surface area contributed by atoms with Gasteiger partial charge in [0.05, 0.1) is 4.90 Å². The number of carbonyl (C=O) groups excluding carboxylic acids is 1. The van der Waals surface area contributed by atoms with Crippen LogP contribution in [0.1, 0.15) is 17.5 Å². The lowest BCUT2D eigenvalue weighted by Crippen LogP contribution is -2.30. The molecule has 25 heavy (non-hydrogen) atoms. The highest BCUT2D eigenvalue weighted by Gasteiger charge is 2.21. The van der Waals surface area contributed by atoms with E-state index in [0.29, 0.717) is 5.58 Å². The van der Waals surface area contributed by atoms with Crippen LogP contribution in [0.4, 0.5) is 5.69 Å². The summed E-state index contributed by atoms with van der Waals surface area (Å²) in [5, 5.41) is 0.732. The van der Waals surface area contributed by atoms with Crippen molar-refractivity contribution >= 4 is 32.6 Å². The molecule has 0 fully saturated rings. The number of nitrogens with one attached hydrogen (secondary N) is 1. The van der Waals surface area contributed by atoms with Crippen molar-refractivity contribution < 1.29 is 17.6 Å². The lowest BCUT2D eigenvalue weighted by Gasteiger charge is -2.15. The van der Waals surface area contributed by atoms with Gasteiger partial charge in [0.2, 0.25) is 0 Å². The molecule has 1 amide bonds. The Labute approximate surface area is 146 Å². The smallest absolute Gasteiger partial charge is 0.300 e. The number of sulfonamides is 1. The fourth-order valence-corrected chi connectivity index (χ4v) is 3.36. The fraction of sp³-hybridized carbons (Fsp3) is 0.167. The van der Waals surface area contributed by atoms with Gasteiger partial charge in [0.15, 0.2) is 5.76 Å². The predicted molar refractivity (Wildman–Crippen MR) is 96.3 cm³/mol. The van der Waals surface area contributed by atoms with Gasteiger partial charge < -0.3 is 9.32 Å². The minimum absolute atomic E-state index is 0.0197. The van der Waals surface area contributed by atoms with Gasteiger partial charge in [-0.1, -0.05) is 18.2 Å². The van der Waals surface area contributed by atoms with Crippen molar-refractivity contribution in [3.05, 3.63) is 60.4 Å². The summed E-state index contributed by atoms with van der Waals surface area (Å²) in [4.78, 5) is 14.3. The first kappa shape index (κ1) is 17.0. The maximum Gasteiger partial charge on any atom is 0.300 e. The van der Waals surface area contributed by atoms with Gasteiger partial charge in [-0.2, -0.15) is 0 Å². The largest absolute Gasteiger partial charge is 0.451 e. The van der Waals surface area contributed by atoms with Crippen LogP contribution < -0.4 is 9.62 Å². The van der Waals surface area contributed by atoms with Gasteiger partial charge in [0, 0.05) is 30.7 Å². The van der Waals surface area contributed by atoms with Crippen LogP contribution in [-0.2, 0) is 10.0 Å². The molecule has 1 N–H and O–H groups in total. The summed E-state index contributed by atoms with van der Waals surface area (Å²) in [6, 6.07) is 14.8. The summed E-state index contributed by atoms with van der Waals surface area (Å²) in [5.74, 6) is -0.851. The van der Waals surface area contributed by atoms with E-state index in [1.165, 1.54) is 18.2 Å². The third-order valence-electron chi connectivity index (χ3n) is 3.92. The van der Waals surface area contributed by atoms with E-state index < -0.39 is 15.9 Å². The van der Waals surface area contributed by atoms with Crippen molar-refractivity contribution in [3.63, 3.8) is 0 Å². The molecule has 0 spiro atoms. The lowest BCUT2D eigenvalue weighted by molar-refractivity contribution is 0.0956. The molecule has 0 radical (unpaired) electrons. The maximum absolute atomic E-state index is 12.3. The van der Waals surface area contributed by atoms with Gasteiger partial charge in [-0.15, -0.1) is 0 Å². The average Bonchev–Trinajstić information content (AvgIpc) is 3.05. The highest BCUT2D eigenvalue weighted by atomic mass is 32.2. The van der Waals surface area contributed by atoms with Crippen molar-refractivity contribution in [2.24, 2.45) is 0 Å². The zero-order valence-corrected chi connectivity index (χ0v) is 14.7. The summed E-state index contributed by atoms with van der Waals surface area (Å²) in [6.07, 6.45) is 0. The molecule has 0 bridgehead atoms. The first-order valence-electron chi connectivity index (χ1n) is 7.77. The van der Waals surface area contributed by atoms with E-state index in [4.69, 9.17) is 4.42 Å². The van der Waals surface area contributed by atoms with Gasteiger partial charge in [-0.05, 0) is 37.3 Å². The zero-order valence-electron chi connectivity index (χ0n) is 13.9. The predicted octanol–water partition coefficient (Wildman–Crippen LogP) is 3.01. The second kappa shape index (κ2) is 6.60. The molecule has 0 saturated heterocycles. The Hall–Kier alpha value is -2.80. The van der Waals surface area contributed by atoms with Gasteiger partial charge in [0.1, 0.15) is 5.58 Å². The quantitative estimate of drug-likeness (QED) is 0.758. The monoisotopic (exact) mass is 358 g/mol. The average molecular weight is 358 g/mol. The molecule has 1 aromatic heterocycles. The number of amides is 1. The van der Waals surface area contributed by atoms with Gasteiger partial charge in [0.25, 0.3) is 10.0 Å². The fourth-order valence-electron chi connectivity index (χ4n) is 2.38. The Morgan fingerprint density at radius 1 is 1.12 bits per heavy atom. The number of hydrogen-bond donors (Lipinski definition) is 1. The van der Waals surface area contributed by atoms with Crippen LogP contribution in [0.25, 0.3) is 11.0 Å². The number of rotatable bonds is 5. The summed E-state index contributed by atoms with van der Waals surface area (Å²) >= 11 is 0. The van der Waals surface area contributed by atoms with Crippen molar-refractivity contribution in [1.29, 1.82) is 0 Å². The number of benzene rings is 2. The van der Waals surface area contributed by atoms with Crippen molar-refractivity contribution in [1.82, 2.24) is 4.72 Å². The molecule has 0 aliphatic rings. The van der Waals surface area contributed by atoms with Crippen LogP contribution in [-0.4, -0.2) is 27.9 Å². The number of hydrogen-bond acceptors (Lipinski definition) is 5. The number of furan rings is 1. The Bertz CT molecular complexity index is 1010. The Kier molecular flexibility index (Phi) is 4.50. The van der Waals surface area contributed by atoms with Crippen LogP contribution >= 0.6 is 0 Å². The molecule has 0 unspecified atom stereocenters. The molecular weight excluding hydrogens is 340 g/mol. The first-order chi connectivity index (χ1) is 11.9. The highest BCUT2D eigenvalue weighted by molar-refractivity contribution is 7.90. The van der Waals surface area contributed by atoms with Crippen LogP contribution in [0.2, 0.25) is 0 Å². The standard InChI is InChI=1S/C18H18N2O4S/c1-3-20(2)14-10-9-13-11-17(24-16(13)12-14)18(21)19-25(22,23)15-7-5-4-6-8-15/h4-12H,3H2,1-2H3,(H,19,21). The Balaban J connectivity index is 1.87. The van der Waals surface area contributed by atoms with Crippen molar-refractivity contribution in [3.8, 4) is 0 Å². The Morgan fingerprint density at radius 2 is 1.84 bits per heavy atom. The molecule has 3 rings (SSSR count). The van der Waals surface area contributed by atoms with Crippen LogP contribution in [0.3, 0.4) is 0 Å². The normalized spacial score (nSPS) is 11.4. The number of anilines is 1. The summed E-state index contributed by atoms with van der Waals surface area (Å²) in [7, 11) is -1.99.